The predicted molar refractivity (Wildman–Crippen MR) is 58.5 cm³/mol. The first-order chi connectivity index (χ1) is 7.52. The maximum Gasteiger partial charge on any atom is 0.406 e. The topological polar surface area (TPSA) is 52.6 Å². The van der Waals surface area contributed by atoms with Crippen molar-refractivity contribution in [2.75, 3.05) is 6.79 Å². The monoisotopic (exact) mass is 242 g/mol. The average molecular weight is 243 g/mol. The number of hydrogen-bond donors (Lipinski definition) is 0. The molecule has 4 nitrogen and oxygen atoms in total. The van der Waals surface area contributed by atoms with Crippen molar-refractivity contribution in [1.29, 1.82) is 0 Å². The highest BCUT2D eigenvalue weighted by atomic mass is 35.5. The Hall–Kier alpha value is -1.55. The molecule has 0 spiro atoms. The van der Waals surface area contributed by atoms with Crippen LogP contribution in [-0.2, 0) is 9.47 Å². The number of carbonyl (C=O) groups excluding carboxylic acids is 2. The van der Waals surface area contributed by atoms with E-state index < -0.39 is 18.2 Å². The van der Waals surface area contributed by atoms with Crippen molar-refractivity contribution in [1.82, 2.24) is 0 Å². The van der Waals surface area contributed by atoms with Gasteiger partial charge in [0, 0.05) is 11.6 Å². The maximum absolute atomic E-state index is 11.6. The number of esters is 1. The number of aryl methyl sites for hydroxylation is 2. The summed E-state index contributed by atoms with van der Waals surface area (Å²) in [6, 6.07) is 5.45. The number of benzene rings is 1. The minimum atomic E-state index is -1.01. The molecule has 1 rings (SSSR count). The lowest BCUT2D eigenvalue weighted by Gasteiger charge is -2.08. The summed E-state index contributed by atoms with van der Waals surface area (Å²) >= 11 is 4.92. The van der Waals surface area contributed by atoms with Crippen molar-refractivity contribution in [3.63, 3.8) is 0 Å². The molecule has 5 heteroatoms. The van der Waals surface area contributed by atoms with Crippen molar-refractivity contribution in [2.45, 2.75) is 13.8 Å². The van der Waals surface area contributed by atoms with Gasteiger partial charge in [0.2, 0.25) is 6.79 Å². The molecule has 86 valence electrons. The van der Waals surface area contributed by atoms with Crippen molar-refractivity contribution in [2.24, 2.45) is 0 Å². The Bertz CT molecular complexity index is 394. The molecule has 0 heterocycles. The summed E-state index contributed by atoms with van der Waals surface area (Å²) in [6.45, 7) is 3.13. The van der Waals surface area contributed by atoms with Gasteiger partial charge in [0.25, 0.3) is 0 Å². The van der Waals surface area contributed by atoms with E-state index in [0.717, 1.165) is 11.1 Å². The summed E-state index contributed by atoms with van der Waals surface area (Å²) in [5.74, 6) is -0.534. The summed E-state index contributed by atoms with van der Waals surface area (Å²) in [5.41, 5.74) is 1.09. The molecule has 0 saturated carbocycles. The lowest BCUT2D eigenvalue weighted by molar-refractivity contribution is 0.00360. The molecule has 16 heavy (non-hydrogen) atoms. The molecule has 1 aromatic carbocycles. The molecule has 0 aliphatic heterocycles. The Morgan fingerprint density at radius 3 is 2.25 bits per heavy atom. The number of rotatable bonds is 3. The van der Waals surface area contributed by atoms with Crippen LogP contribution in [0.3, 0.4) is 0 Å². The van der Waals surface area contributed by atoms with Gasteiger partial charge in [0.1, 0.15) is 0 Å². The SMILES string of the molecule is Cc1cccc(C)c1C(=O)OCOC(=O)Cl. The fraction of sp³-hybridized carbons (Fsp3) is 0.273. The van der Waals surface area contributed by atoms with Crippen molar-refractivity contribution in [3.8, 4) is 0 Å². The fourth-order valence-corrected chi connectivity index (χ4v) is 1.38. The zero-order valence-corrected chi connectivity index (χ0v) is 9.71. The van der Waals surface area contributed by atoms with E-state index in [1.165, 1.54) is 0 Å². The first-order valence-electron chi connectivity index (χ1n) is 4.58. The van der Waals surface area contributed by atoms with Crippen LogP contribution in [0, 0.1) is 13.8 Å². The highest BCUT2D eigenvalue weighted by Gasteiger charge is 2.13. The van der Waals surface area contributed by atoms with Gasteiger partial charge in [-0.25, -0.2) is 9.59 Å². The average Bonchev–Trinajstić information content (AvgIpc) is 2.16. The Balaban J connectivity index is 2.70. The highest BCUT2D eigenvalue weighted by molar-refractivity contribution is 6.61. The standard InChI is InChI=1S/C11H11ClO4/c1-7-4-3-5-8(2)9(7)10(13)15-6-16-11(12)14/h3-5H,6H2,1-2H3. The summed E-state index contributed by atoms with van der Waals surface area (Å²) < 4.78 is 9.03. The van der Waals surface area contributed by atoms with Crippen LogP contribution in [0.1, 0.15) is 21.5 Å². The fourth-order valence-electron chi connectivity index (χ4n) is 1.34. The van der Waals surface area contributed by atoms with Gasteiger partial charge in [-0.05, 0) is 25.0 Å². The molecule has 0 fully saturated rings. The van der Waals surface area contributed by atoms with Crippen molar-refractivity contribution < 1.29 is 19.1 Å². The first-order valence-corrected chi connectivity index (χ1v) is 4.95. The summed E-state index contributed by atoms with van der Waals surface area (Å²) in [6.07, 6.45) is 0. The molecule has 0 amide bonds. The van der Waals surface area contributed by atoms with E-state index in [1.54, 1.807) is 26.0 Å². The maximum atomic E-state index is 11.6. The van der Waals surface area contributed by atoms with Crippen LogP contribution in [0.2, 0.25) is 0 Å². The zero-order chi connectivity index (χ0) is 12.1. The Labute approximate surface area is 98.1 Å². The molecule has 1 aromatic rings. The quantitative estimate of drug-likeness (QED) is 0.465. The Morgan fingerprint density at radius 2 is 1.75 bits per heavy atom. The van der Waals surface area contributed by atoms with E-state index in [1.807, 2.05) is 6.07 Å². The van der Waals surface area contributed by atoms with Gasteiger partial charge in [0.05, 0.1) is 5.56 Å². The molecule has 0 aromatic heterocycles. The second-order valence-corrected chi connectivity index (χ2v) is 3.51. The third-order valence-corrected chi connectivity index (χ3v) is 2.16. The van der Waals surface area contributed by atoms with Gasteiger partial charge in [-0.3, -0.25) is 0 Å². The van der Waals surface area contributed by atoms with Gasteiger partial charge in [-0.2, -0.15) is 0 Å². The minimum Gasteiger partial charge on any atom is -0.424 e. The number of ether oxygens (including phenoxy) is 2. The summed E-state index contributed by atoms with van der Waals surface area (Å²) in [5, 5.41) is 0. The Morgan fingerprint density at radius 1 is 1.19 bits per heavy atom. The van der Waals surface area contributed by atoms with Crippen LogP contribution in [0.4, 0.5) is 4.79 Å². The van der Waals surface area contributed by atoms with Crippen LogP contribution < -0.4 is 0 Å². The number of carbonyl (C=O) groups is 2. The molecule has 0 atom stereocenters. The highest BCUT2D eigenvalue weighted by Crippen LogP contribution is 2.14. The van der Waals surface area contributed by atoms with E-state index in [2.05, 4.69) is 4.74 Å². The Kier molecular flexibility index (Phi) is 4.31. The van der Waals surface area contributed by atoms with E-state index in [-0.39, 0.29) is 0 Å². The van der Waals surface area contributed by atoms with Crippen molar-refractivity contribution >= 4 is 23.0 Å². The van der Waals surface area contributed by atoms with Crippen LogP contribution >= 0.6 is 11.6 Å². The molecule has 0 unspecified atom stereocenters. The summed E-state index contributed by atoms with van der Waals surface area (Å²) in [4.78, 5) is 21.9. The second kappa shape index (κ2) is 5.51. The smallest absolute Gasteiger partial charge is 0.406 e. The van der Waals surface area contributed by atoms with Gasteiger partial charge in [0.15, 0.2) is 0 Å². The lowest BCUT2D eigenvalue weighted by Crippen LogP contribution is -2.12. The van der Waals surface area contributed by atoms with Gasteiger partial charge < -0.3 is 9.47 Å². The molecular weight excluding hydrogens is 232 g/mol. The molecule has 0 aliphatic rings. The van der Waals surface area contributed by atoms with Gasteiger partial charge >= 0.3 is 11.4 Å². The largest absolute Gasteiger partial charge is 0.424 e. The minimum absolute atomic E-state index is 0.477. The molecule has 0 bridgehead atoms. The number of hydrogen-bond acceptors (Lipinski definition) is 4. The van der Waals surface area contributed by atoms with Gasteiger partial charge in [-0.1, -0.05) is 18.2 Å². The lowest BCUT2D eigenvalue weighted by atomic mass is 10.0. The third kappa shape index (κ3) is 3.24. The van der Waals surface area contributed by atoms with Crippen LogP contribution in [0.15, 0.2) is 18.2 Å². The van der Waals surface area contributed by atoms with Crippen LogP contribution in [0.25, 0.3) is 0 Å². The van der Waals surface area contributed by atoms with Gasteiger partial charge in [-0.15, -0.1) is 0 Å². The predicted octanol–water partition coefficient (Wildman–Crippen LogP) is 2.79. The molecule has 0 aliphatic carbocycles. The van der Waals surface area contributed by atoms with Crippen molar-refractivity contribution in [3.05, 3.63) is 34.9 Å². The van der Waals surface area contributed by atoms with Crippen LogP contribution in [0.5, 0.6) is 0 Å². The first kappa shape index (κ1) is 12.5. The summed E-state index contributed by atoms with van der Waals surface area (Å²) in [7, 11) is 0. The van der Waals surface area contributed by atoms with E-state index >= 15 is 0 Å². The third-order valence-electron chi connectivity index (χ3n) is 2.05. The second-order valence-electron chi connectivity index (χ2n) is 3.20. The number of halogens is 1. The normalized spacial score (nSPS) is 9.69. The molecule has 0 radical (unpaired) electrons. The zero-order valence-electron chi connectivity index (χ0n) is 8.95. The molecule has 0 N–H and O–H groups in total. The van der Waals surface area contributed by atoms with E-state index in [4.69, 9.17) is 16.3 Å². The van der Waals surface area contributed by atoms with E-state index in [0.29, 0.717) is 5.56 Å². The molecular formula is C11H11ClO4. The molecule has 0 saturated heterocycles. The van der Waals surface area contributed by atoms with E-state index in [9.17, 15) is 9.59 Å². The van der Waals surface area contributed by atoms with Crippen LogP contribution in [-0.4, -0.2) is 18.2 Å².